The van der Waals surface area contributed by atoms with Crippen LogP contribution in [0.4, 0.5) is 5.69 Å². The van der Waals surface area contributed by atoms with E-state index in [4.69, 9.17) is 4.74 Å². The maximum Gasteiger partial charge on any atom is 0.274 e. The van der Waals surface area contributed by atoms with Crippen molar-refractivity contribution in [3.05, 3.63) is 75.0 Å². The molecule has 1 saturated heterocycles. The Balaban J connectivity index is 1.46. The second-order valence-electron chi connectivity index (χ2n) is 9.19. The minimum Gasteiger partial charge on any atom is -0.381 e. The molecule has 1 fully saturated rings. The number of aromatic amines is 1. The van der Waals surface area contributed by atoms with Crippen LogP contribution in [0, 0.1) is 6.92 Å². The van der Waals surface area contributed by atoms with Gasteiger partial charge in [0.25, 0.3) is 11.5 Å². The van der Waals surface area contributed by atoms with E-state index in [1.54, 1.807) is 6.20 Å². The third-order valence-corrected chi connectivity index (χ3v) is 7.23. The van der Waals surface area contributed by atoms with E-state index < -0.39 is 0 Å². The zero-order valence-electron chi connectivity index (χ0n) is 17.7. The van der Waals surface area contributed by atoms with Crippen molar-refractivity contribution in [2.75, 3.05) is 18.1 Å². The Morgan fingerprint density at radius 3 is 2.91 bits per heavy atom. The van der Waals surface area contributed by atoms with E-state index in [1.165, 1.54) is 11.1 Å². The molecule has 0 saturated carbocycles. The molecule has 3 aliphatic heterocycles. The summed E-state index contributed by atoms with van der Waals surface area (Å²) in [6.45, 7) is 3.46. The molecule has 4 aromatic rings. The summed E-state index contributed by atoms with van der Waals surface area (Å²) in [5.74, 6) is 1.02. The highest BCUT2D eigenvalue weighted by molar-refractivity contribution is 6.14. The lowest BCUT2D eigenvalue weighted by Crippen LogP contribution is -2.23. The lowest BCUT2D eigenvalue weighted by atomic mass is 9.98. The van der Waals surface area contributed by atoms with Gasteiger partial charge in [0, 0.05) is 23.8 Å². The van der Waals surface area contributed by atoms with E-state index in [0.29, 0.717) is 23.2 Å². The molecule has 7 heteroatoms. The van der Waals surface area contributed by atoms with Crippen molar-refractivity contribution in [3.8, 4) is 0 Å². The predicted octanol–water partition coefficient (Wildman–Crippen LogP) is 3.64. The summed E-state index contributed by atoms with van der Waals surface area (Å²) < 4.78 is 7.68. The van der Waals surface area contributed by atoms with E-state index in [2.05, 4.69) is 35.1 Å². The summed E-state index contributed by atoms with van der Waals surface area (Å²) in [5.41, 5.74) is 6.98. The third kappa shape index (κ3) is 2.31. The second kappa shape index (κ2) is 6.29. The van der Waals surface area contributed by atoms with Gasteiger partial charge < -0.3 is 14.6 Å². The smallest absolute Gasteiger partial charge is 0.274 e. The predicted molar refractivity (Wildman–Crippen MR) is 121 cm³/mol. The van der Waals surface area contributed by atoms with Crippen LogP contribution in [0.2, 0.25) is 0 Å². The molecular formula is C25H22N4O3. The number of aryl methyl sites for hydroxylation is 1. The number of fused-ring (bicyclic) bond motifs is 8. The SMILES string of the molecule is Cc1ccc2c(c1)CC1c3cc4c(cc3C(=O)N21)[nH]c(=O)c1cnc(C2CCCOC2)n14. The van der Waals surface area contributed by atoms with Crippen LogP contribution in [0.3, 0.4) is 0 Å². The Kier molecular flexibility index (Phi) is 3.57. The molecule has 1 N–H and O–H groups in total. The Hall–Kier alpha value is -3.45. The van der Waals surface area contributed by atoms with Crippen molar-refractivity contribution in [2.24, 2.45) is 0 Å². The standard InChI is InChI=1S/C25H22N4O3/c1-13-4-5-19-15(7-13)8-20-16-10-21-18(9-17(16)25(31)29(19)20)27-24(30)22-11-26-23(28(21)22)14-3-2-6-32-12-14/h4-5,7,9-11,14,20H,2-3,6,8,12H2,1H3,(H,27,30). The molecule has 0 bridgehead atoms. The summed E-state index contributed by atoms with van der Waals surface area (Å²) in [5, 5.41) is 0. The average Bonchev–Trinajstić information content (AvgIpc) is 3.47. The number of benzene rings is 2. The number of nitrogens with zero attached hydrogens (tertiary/aromatic N) is 3. The molecule has 32 heavy (non-hydrogen) atoms. The van der Waals surface area contributed by atoms with Crippen molar-refractivity contribution >= 4 is 28.1 Å². The maximum atomic E-state index is 13.4. The van der Waals surface area contributed by atoms with Gasteiger partial charge in [-0.05, 0) is 55.5 Å². The van der Waals surface area contributed by atoms with E-state index >= 15 is 0 Å². The second-order valence-corrected chi connectivity index (χ2v) is 9.19. The molecule has 0 aliphatic carbocycles. The highest BCUT2D eigenvalue weighted by Gasteiger charge is 2.43. The molecule has 0 spiro atoms. The van der Waals surface area contributed by atoms with Gasteiger partial charge in [-0.15, -0.1) is 0 Å². The summed E-state index contributed by atoms with van der Waals surface area (Å²) in [6.07, 6.45) is 4.43. The monoisotopic (exact) mass is 426 g/mol. The van der Waals surface area contributed by atoms with Crippen LogP contribution in [0.15, 0.2) is 41.3 Å². The van der Waals surface area contributed by atoms with E-state index in [1.807, 2.05) is 21.4 Å². The van der Waals surface area contributed by atoms with Crippen molar-refractivity contribution in [2.45, 2.75) is 38.1 Å². The van der Waals surface area contributed by atoms with Gasteiger partial charge in [0.15, 0.2) is 0 Å². The Morgan fingerprint density at radius 1 is 1.16 bits per heavy atom. The van der Waals surface area contributed by atoms with Crippen molar-refractivity contribution in [3.63, 3.8) is 0 Å². The Bertz CT molecular complexity index is 1510. The quantitative estimate of drug-likeness (QED) is 0.504. The zero-order chi connectivity index (χ0) is 21.6. The number of rotatable bonds is 1. The fraction of sp³-hybridized carbons (Fsp3) is 0.320. The number of ether oxygens (including phenoxy) is 1. The number of imidazole rings is 1. The van der Waals surface area contributed by atoms with Gasteiger partial charge in [-0.25, -0.2) is 4.98 Å². The minimum absolute atomic E-state index is 0.00184. The number of hydrogen-bond acceptors (Lipinski definition) is 4. The highest BCUT2D eigenvalue weighted by atomic mass is 16.5. The zero-order valence-corrected chi connectivity index (χ0v) is 17.7. The number of aromatic nitrogens is 3. The number of carbonyl (C=O) groups excluding carboxylic acids is 1. The molecule has 1 amide bonds. The number of H-pyrrole nitrogens is 1. The number of nitrogens with one attached hydrogen (secondary N) is 1. The summed E-state index contributed by atoms with van der Waals surface area (Å²) >= 11 is 0. The molecule has 2 aromatic carbocycles. The molecule has 5 heterocycles. The molecule has 7 rings (SSSR count). The minimum atomic E-state index is -0.195. The van der Waals surface area contributed by atoms with Crippen molar-refractivity contribution in [1.82, 2.24) is 14.4 Å². The van der Waals surface area contributed by atoms with Gasteiger partial charge in [-0.3, -0.25) is 14.0 Å². The first-order valence-corrected chi connectivity index (χ1v) is 11.2. The van der Waals surface area contributed by atoms with E-state index in [0.717, 1.165) is 48.5 Å². The van der Waals surface area contributed by atoms with Crippen LogP contribution >= 0.6 is 0 Å². The van der Waals surface area contributed by atoms with Crippen LogP contribution in [0.1, 0.15) is 57.7 Å². The lowest BCUT2D eigenvalue weighted by molar-refractivity contribution is 0.0780. The normalized spacial score (nSPS) is 21.9. The number of hydrogen-bond donors (Lipinski definition) is 1. The van der Waals surface area contributed by atoms with E-state index in [9.17, 15) is 9.59 Å². The van der Waals surface area contributed by atoms with Gasteiger partial charge in [0.05, 0.1) is 29.9 Å². The van der Waals surface area contributed by atoms with Crippen molar-refractivity contribution < 1.29 is 9.53 Å². The van der Waals surface area contributed by atoms with Gasteiger partial charge in [0.1, 0.15) is 11.3 Å². The van der Waals surface area contributed by atoms with Gasteiger partial charge in [-0.2, -0.15) is 0 Å². The van der Waals surface area contributed by atoms with Gasteiger partial charge in [0.2, 0.25) is 0 Å². The van der Waals surface area contributed by atoms with Crippen LogP contribution in [-0.4, -0.2) is 33.5 Å². The van der Waals surface area contributed by atoms with Crippen LogP contribution in [0.5, 0.6) is 0 Å². The Morgan fingerprint density at radius 2 is 2.06 bits per heavy atom. The summed E-state index contributed by atoms with van der Waals surface area (Å²) in [6, 6.07) is 10.2. The van der Waals surface area contributed by atoms with E-state index in [-0.39, 0.29) is 23.4 Å². The summed E-state index contributed by atoms with van der Waals surface area (Å²) in [4.78, 5) is 35.7. The number of carbonyl (C=O) groups is 1. The molecule has 0 radical (unpaired) electrons. The first-order valence-electron chi connectivity index (χ1n) is 11.2. The van der Waals surface area contributed by atoms with Gasteiger partial charge >= 0.3 is 0 Å². The largest absolute Gasteiger partial charge is 0.381 e. The maximum absolute atomic E-state index is 13.4. The third-order valence-electron chi connectivity index (χ3n) is 7.23. The molecule has 160 valence electrons. The van der Waals surface area contributed by atoms with Crippen LogP contribution in [-0.2, 0) is 11.2 Å². The molecule has 7 nitrogen and oxygen atoms in total. The topological polar surface area (TPSA) is 79.7 Å². The average molecular weight is 426 g/mol. The number of anilines is 1. The Labute approximate surface area is 183 Å². The first kappa shape index (κ1) is 18.2. The molecule has 2 aromatic heterocycles. The first-order chi connectivity index (χ1) is 15.6. The van der Waals surface area contributed by atoms with Crippen LogP contribution in [0.25, 0.3) is 16.6 Å². The lowest BCUT2D eigenvalue weighted by Gasteiger charge is -2.21. The molecule has 2 atom stereocenters. The van der Waals surface area contributed by atoms with Gasteiger partial charge in [-0.1, -0.05) is 17.7 Å². The molecule has 2 unspecified atom stereocenters. The van der Waals surface area contributed by atoms with Crippen LogP contribution < -0.4 is 10.5 Å². The van der Waals surface area contributed by atoms with Crippen molar-refractivity contribution in [1.29, 1.82) is 0 Å². The fourth-order valence-electron chi connectivity index (χ4n) is 5.76. The fourth-order valence-corrected chi connectivity index (χ4v) is 5.76. The molecule has 3 aliphatic rings. The highest BCUT2D eigenvalue weighted by Crippen LogP contribution is 2.47. The molecular weight excluding hydrogens is 404 g/mol. The summed E-state index contributed by atoms with van der Waals surface area (Å²) in [7, 11) is 0. The number of amides is 1.